The maximum atomic E-state index is 12.7. The Morgan fingerprint density at radius 2 is 1.84 bits per heavy atom. The first-order valence-corrected chi connectivity index (χ1v) is 10.4. The fourth-order valence-electron chi connectivity index (χ4n) is 3.45. The van der Waals surface area contributed by atoms with Crippen molar-refractivity contribution in [2.75, 3.05) is 50.7 Å². The number of alkyl halides is 2. The van der Waals surface area contributed by atoms with Crippen molar-refractivity contribution in [2.24, 2.45) is 0 Å². The first-order chi connectivity index (χ1) is 15.4. The van der Waals surface area contributed by atoms with Crippen LogP contribution in [0.3, 0.4) is 0 Å². The quantitative estimate of drug-likeness (QED) is 0.631. The third kappa shape index (κ3) is 6.30. The second-order valence-electron chi connectivity index (χ2n) is 7.59. The zero-order chi connectivity index (χ0) is 23.1. The second kappa shape index (κ2) is 11.1. The number of benzene rings is 2. The molecule has 1 heterocycles. The molecule has 1 atom stereocenters. The lowest BCUT2D eigenvalue weighted by Gasteiger charge is -2.29. The van der Waals surface area contributed by atoms with Crippen LogP contribution in [0.2, 0.25) is 0 Å². The molecule has 1 aliphatic heterocycles. The number of nitrogens with one attached hydrogen (secondary N) is 1. The van der Waals surface area contributed by atoms with Crippen molar-refractivity contribution < 1.29 is 27.8 Å². The molecule has 32 heavy (non-hydrogen) atoms. The van der Waals surface area contributed by atoms with E-state index in [0.29, 0.717) is 6.54 Å². The summed E-state index contributed by atoms with van der Waals surface area (Å²) in [4.78, 5) is 16.8. The average Bonchev–Trinajstić information content (AvgIpc) is 2.80. The minimum Gasteiger partial charge on any atom is -0.493 e. The monoisotopic (exact) mass is 449 g/mol. The molecule has 0 spiro atoms. The van der Waals surface area contributed by atoms with Gasteiger partial charge in [-0.2, -0.15) is 8.78 Å². The van der Waals surface area contributed by atoms with Crippen LogP contribution in [0.1, 0.15) is 12.5 Å². The number of rotatable bonds is 9. The number of amides is 1. The van der Waals surface area contributed by atoms with Gasteiger partial charge in [0.15, 0.2) is 11.5 Å². The van der Waals surface area contributed by atoms with Gasteiger partial charge in [0, 0.05) is 31.0 Å². The van der Waals surface area contributed by atoms with Crippen LogP contribution in [0.25, 0.3) is 0 Å². The molecular formula is C23H29F2N3O4. The zero-order valence-electron chi connectivity index (χ0n) is 18.5. The van der Waals surface area contributed by atoms with Crippen molar-refractivity contribution in [1.29, 1.82) is 0 Å². The van der Waals surface area contributed by atoms with Crippen LogP contribution in [0.15, 0.2) is 42.5 Å². The van der Waals surface area contributed by atoms with Crippen LogP contribution >= 0.6 is 0 Å². The van der Waals surface area contributed by atoms with Crippen molar-refractivity contribution in [3.8, 4) is 11.5 Å². The lowest BCUT2D eigenvalue weighted by Crippen LogP contribution is -2.39. The Hall–Kier alpha value is -2.91. The number of anilines is 2. The Balaban J connectivity index is 1.57. The smallest absolute Gasteiger partial charge is 0.387 e. The number of likely N-dealkylation sites (N-methyl/N-ethyl adjacent to an activating group) is 1. The van der Waals surface area contributed by atoms with E-state index in [-0.39, 0.29) is 17.4 Å². The van der Waals surface area contributed by atoms with Gasteiger partial charge < -0.3 is 24.4 Å². The van der Waals surface area contributed by atoms with E-state index in [2.05, 4.69) is 15.0 Å². The molecule has 7 nitrogen and oxygen atoms in total. The molecule has 1 amide bonds. The van der Waals surface area contributed by atoms with Gasteiger partial charge in [-0.1, -0.05) is 6.07 Å². The van der Waals surface area contributed by atoms with Crippen LogP contribution < -0.4 is 19.7 Å². The maximum Gasteiger partial charge on any atom is 0.387 e. The Morgan fingerprint density at radius 3 is 2.47 bits per heavy atom. The molecule has 3 rings (SSSR count). The lowest BCUT2D eigenvalue weighted by atomic mass is 10.1. The first-order valence-electron chi connectivity index (χ1n) is 10.4. The second-order valence-corrected chi connectivity index (χ2v) is 7.59. The van der Waals surface area contributed by atoms with Crippen molar-refractivity contribution in [3.63, 3.8) is 0 Å². The number of morpholine rings is 1. The molecule has 9 heteroatoms. The Bertz CT molecular complexity index is 889. The number of methoxy groups -OCH3 is 1. The summed E-state index contributed by atoms with van der Waals surface area (Å²) in [7, 11) is 3.21. The molecule has 1 saturated heterocycles. The summed E-state index contributed by atoms with van der Waals surface area (Å²) in [5, 5.41) is 2.94. The predicted octanol–water partition coefficient (Wildman–Crippen LogP) is 3.59. The van der Waals surface area contributed by atoms with E-state index in [1.165, 1.54) is 13.2 Å². The molecule has 0 saturated carbocycles. The fraction of sp³-hybridized carbons (Fsp3) is 0.435. The summed E-state index contributed by atoms with van der Waals surface area (Å²) < 4.78 is 40.0. The topological polar surface area (TPSA) is 63.3 Å². The van der Waals surface area contributed by atoms with Gasteiger partial charge in [-0.15, -0.1) is 0 Å². The predicted molar refractivity (Wildman–Crippen MR) is 119 cm³/mol. The van der Waals surface area contributed by atoms with Crippen molar-refractivity contribution in [2.45, 2.75) is 26.1 Å². The molecule has 0 radical (unpaired) electrons. The molecule has 2 aromatic carbocycles. The Kier molecular flexibility index (Phi) is 8.24. The lowest BCUT2D eigenvalue weighted by molar-refractivity contribution is -0.120. The van der Waals surface area contributed by atoms with Crippen molar-refractivity contribution in [1.82, 2.24) is 4.90 Å². The Labute approximate surface area is 186 Å². The van der Waals surface area contributed by atoms with Crippen LogP contribution in [-0.2, 0) is 16.1 Å². The van der Waals surface area contributed by atoms with Crippen LogP contribution in [0, 0.1) is 0 Å². The number of carbonyl (C=O) groups is 1. The largest absolute Gasteiger partial charge is 0.493 e. The minimum atomic E-state index is -2.93. The van der Waals surface area contributed by atoms with E-state index in [9.17, 15) is 13.6 Å². The highest BCUT2D eigenvalue weighted by atomic mass is 19.3. The van der Waals surface area contributed by atoms with Gasteiger partial charge in [-0.05, 0) is 55.9 Å². The number of nitrogens with zero attached hydrogens (tertiary/aromatic N) is 2. The van der Waals surface area contributed by atoms with E-state index in [4.69, 9.17) is 9.47 Å². The molecule has 174 valence electrons. The van der Waals surface area contributed by atoms with Crippen LogP contribution in [0.4, 0.5) is 20.2 Å². The van der Waals surface area contributed by atoms with Crippen molar-refractivity contribution in [3.05, 3.63) is 48.0 Å². The summed E-state index contributed by atoms with van der Waals surface area (Å²) in [6.45, 7) is 2.45. The van der Waals surface area contributed by atoms with Gasteiger partial charge in [0.2, 0.25) is 5.91 Å². The van der Waals surface area contributed by atoms with Crippen LogP contribution in [0.5, 0.6) is 11.5 Å². The molecular weight excluding hydrogens is 420 g/mol. The third-order valence-corrected chi connectivity index (χ3v) is 5.43. The molecule has 0 bridgehead atoms. The summed E-state index contributed by atoms with van der Waals surface area (Å²) in [6, 6.07) is 12.1. The summed E-state index contributed by atoms with van der Waals surface area (Å²) in [5.74, 6) is 0.0464. The van der Waals surface area contributed by atoms with E-state index in [1.54, 1.807) is 12.1 Å². The molecule has 0 unspecified atom stereocenters. The van der Waals surface area contributed by atoms with Gasteiger partial charge >= 0.3 is 6.61 Å². The van der Waals surface area contributed by atoms with Gasteiger partial charge in [0.25, 0.3) is 0 Å². The molecule has 1 N–H and O–H groups in total. The van der Waals surface area contributed by atoms with Crippen LogP contribution in [-0.4, -0.2) is 63.9 Å². The first kappa shape index (κ1) is 23.7. The molecule has 0 aliphatic carbocycles. The van der Waals surface area contributed by atoms with E-state index < -0.39 is 12.7 Å². The number of hydrogen-bond acceptors (Lipinski definition) is 6. The zero-order valence-corrected chi connectivity index (χ0v) is 18.5. The number of halogens is 2. The molecule has 0 aromatic heterocycles. The number of hydrogen-bond donors (Lipinski definition) is 1. The van der Waals surface area contributed by atoms with E-state index in [1.807, 2.05) is 43.1 Å². The molecule has 2 aromatic rings. The molecule has 1 aliphatic rings. The molecule has 1 fully saturated rings. The Morgan fingerprint density at radius 1 is 1.16 bits per heavy atom. The van der Waals surface area contributed by atoms with Gasteiger partial charge in [0.05, 0.1) is 26.4 Å². The highest BCUT2D eigenvalue weighted by Crippen LogP contribution is 2.30. The highest BCUT2D eigenvalue weighted by molar-refractivity contribution is 5.94. The SMILES string of the molecule is COc1cc(CN(C)[C@H](C)C(=O)Nc2ccc(N3CCOCC3)cc2)ccc1OC(F)F. The standard InChI is InChI=1S/C23H29F2N3O4/c1-16(27(2)15-17-4-9-20(32-23(24)25)21(14-17)30-3)22(29)26-18-5-7-19(8-6-18)28-10-12-31-13-11-28/h4-9,14,16,23H,10-13,15H2,1-3H3,(H,26,29)/t16-/m1/s1. The van der Waals surface area contributed by atoms with Gasteiger partial charge in [0.1, 0.15) is 0 Å². The highest BCUT2D eigenvalue weighted by Gasteiger charge is 2.20. The number of carbonyl (C=O) groups excluding carboxylic acids is 1. The summed E-state index contributed by atoms with van der Waals surface area (Å²) in [5.41, 5.74) is 2.63. The third-order valence-electron chi connectivity index (χ3n) is 5.43. The van der Waals surface area contributed by atoms with Crippen molar-refractivity contribution >= 4 is 17.3 Å². The van der Waals surface area contributed by atoms with Gasteiger partial charge in [-0.3, -0.25) is 9.69 Å². The van der Waals surface area contributed by atoms with E-state index in [0.717, 1.165) is 43.2 Å². The minimum absolute atomic E-state index is 0.0276. The average molecular weight is 449 g/mol. The summed E-state index contributed by atoms with van der Waals surface area (Å²) in [6.07, 6.45) is 0. The van der Waals surface area contributed by atoms with E-state index >= 15 is 0 Å². The maximum absolute atomic E-state index is 12.7. The summed E-state index contributed by atoms with van der Waals surface area (Å²) >= 11 is 0. The normalized spacial score (nSPS) is 15.0. The van der Waals surface area contributed by atoms with Gasteiger partial charge in [-0.25, -0.2) is 0 Å². The number of ether oxygens (including phenoxy) is 3. The fourth-order valence-corrected chi connectivity index (χ4v) is 3.45.